The van der Waals surface area contributed by atoms with Crippen molar-refractivity contribution in [1.29, 1.82) is 0 Å². The van der Waals surface area contributed by atoms with Crippen LogP contribution < -0.4 is 5.32 Å². The molecule has 2 aromatic rings. The maximum atomic E-state index is 13.3. The molecule has 1 aliphatic carbocycles. The highest BCUT2D eigenvalue weighted by molar-refractivity contribution is 7.90. The third-order valence-electron chi connectivity index (χ3n) is 4.93. The lowest BCUT2D eigenvalue weighted by Gasteiger charge is -2.25. The lowest BCUT2D eigenvalue weighted by Crippen LogP contribution is -2.32. The van der Waals surface area contributed by atoms with Gasteiger partial charge in [0.15, 0.2) is 9.84 Å². The Morgan fingerprint density at radius 3 is 2.15 bits per heavy atom. The maximum Gasteiger partial charge on any atom is 0.251 e. The Morgan fingerprint density at radius 1 is 1.04 bits per heavy atom. The van der Waals surface area contributed by atoms with Crippen LogP contribution in [-0.4, -0.2) is 20.6 Å². The molecular formula is C20H22FNO3S. The van der Waals surface area contributed by atoms with Crippen LogP contribution in [0.15, 0.2) is 53.4 Å². The molecule has 0 aromatic heterocycles. The number of benzene rings is 2. The third kappa shape index (κ3) is 4.30. The molecule has 1 aliphatic rings. The number of carbonyl (C=O) groups excluding carboxylic acids is 1. The Labute approximate surface area is 153 Å². The predicted molar refractivity (Wildman–Crippen MR) is 98.1 cm³/mol. The van der Waals surface area contributed by atoms with E-state index in [1.165, 1.54) is 36.4 Å². The molecule has 138 valence electrons. The van der Waals surface area contributed by atoms with Gasteiger partial charge < -0.3 is 5.32 Å². The molecular weight excluding hydrogens is 353 g/mol. The van der Waals surface area contributed by atoms with Crippen LogP contribution in [0, 0.1) is 11.7 Å². The number of hydrogen-bond acceptors (Lipinski definition) is 3. The minimum absolute atomic E-state index is 0.180. The SMILES string of the molecule is CS(=O)(=O)c1ccc(C(=O)N[C@@H](c2ccc(F)cc2)C2CCCC2)cc1. The molecule has 26 heavy (non-hydrogen) atoms. The smallest absolute Gasteiger partial charge is 0.251 e. The predicted octanol–water partition coefficient (Wildman–Crippen LogP) is 3.89. The van der Waals surface area contributed by atoms with Gasteiger partial charge in [-0.05, 0) is 60.7 Å². The minimum Gasteiger partial charge on any atom is -0.345 e. The molecule has 0 spiro atoms. The summed E-state index contributed by atoms with van der Waals surface area (Å²) in [6, 6.07) is 12.0. The van der Waals surface area contributed by atoms with Gasteiger partial charge in [-0.3, -0.25) is 4.79 Å². The van der Waals surface area contributed by atoms with Crippen molar-refractivity contribution in [3.8, 4) is 0 Å². The van der Waals surface area contributed by atoms with E-state index in [1.807, 2.05) is 0 Å². The molecule has 0 unspecified atom stereocenters. The Hall–Kier alpha value is -2.21. The fourth-order valence-electron chi connectivity index (χ4n) is 3.51. The van der Waals surface area contributed by atoms with E-state index in [0.29, 0.717) is 11.5 Å². The molecule has 0 saturated heterocycles. The highest BCUT2D eigenvalue weighted by atomic mass is 32.2. The van der Waals surface area contributed by atoms with Gasteiger partial charge in [-0.25, -0.2) is 12.8 Å². The molecule has 0 aliphatic heterocycles. The van der Waals surface area contributed by atoms with Crippen LogP contribution in [0.4, 0.5) is 4.39 Å². The number of nitrogens with one attached hydrogen (secondary N) is 1. The summed E-state index contributed by atoms with van der Waals surface area (Å²) in [6.45, 7) is 0. The van der Waals surface area contributed by atoms with E-state index in [9.17, 15) is 17.6 Å². The molecule has 3 rings (SSSR count). The first-order chi connectivity index (χ1) is 12.3. The summed E-state index contributed by atoms with van der Waals surface area (Å²) in [6.07, 6.45) is 5.43. The molecule has 1 amide bonds. The normalized spacial score (nSPS) is 16.4. The average molecular weight is 375 g/mol. The first kappa shape index (κ1) is 18.6. The van der Waals surface area contributed by atoms with Gasteiger partial charge in [-0.2, -0.15) is 0 Å². The summed E-state index contributed by atoms with van der Waals surface area (Å²) < 4.78 is 36.3. The molecule has 0 heterocycles. The summed E-state index contributed by atoms with van der Waals surface area (Å²) >= 11 is 0. The van der Waals surface area contributed by atoms with Crippen molar-refractivity contribution in [2.24, 2.45) is 5.92 Å². The average Bonchev–Trinajstić information content (AvgIpc) is 3.14. The number of hydrogen-bond donors (Lipinski definition) is 1. The fourth-order valence-corrected chi connectivity index (χ4v) is 4.14. The molecule has 1 atom stereocenters. The van der Waals surface area contributed by atoms with Crippen molar-refractivity contribution in [3.63, 3.8) is 0 Å². The summed E-state index contributed by atoms with van der Waals surface area (Å²) in [5.74, 6) is -0.243. The summed E-state index contributed by atoms with van der Waals surface area (Å²) in [7, 11) is -3.30. The van der Waals surface area contributed by atoms with Crippen molar-refractivity contribution in [2.75, 3.05) is 6.26 Å². The number of rotatable bonds is 5. The highest BCUT2D eigenvalue weighted by Gasteiger charge is 2.28. The van der Waals surface area contributed by atoms with Gasteiger partial charge in [-0.15, -0.1) is 0 Å². The molecule has 1 N–H and O–H groups in total. The van der Waals surface area contributed by atoms with Gasteiger partial charge in [0.25, 0.3) is 5.91 Å². The van der Waals surface area contributed by atoms with Gasteiger partial charge in [0.1, 0.15) is 5.82 Å². The van der Waals surface area contributed by atoms with Crippen LogP contribution in [-0.2, 0) is 9.84 Å². The van der Waals surface area contributed by atoms with E-state index < -0.39 is 9.84 Å². The second-order valence-corrected chi connectivity index (χ2v) is 8.86. The van der Waals surface area contributed by atoms with Crippen molar-refractivity contribution < 1.29 is 17.6 Å². The topological polar surface area (TPSA) is 63.2 Å². The molecule has 0 bridgehead atoms. The Kier molecular flexibility index (Phi) is 5.41. The zero-order chi connectivity index (χ0) is 18.7. The van der Waals surface area contributed by atoms with Crippen molar-refractivity contribution >= 4 is 15.7 Å². The van der Waals surface area contributed by atoms with E-state index in [1.54, 1.807) is 12.1 Å². The van der Waals surface area contributed by atoms with Gasteiger partial charge in [0.2, 0.25) is 0 Å². The monoisotopic (exact) mass is 375 g/mol. The molecule has 1 fully saturated rings. The highest BCUT2D eigenvalue weighted by Crippen LogP contribution is 2.36. The van der Waals surface area contributed by atoms with E-state index in [2.05, 4.69) is 5.32 Å². The molecule has 0 radical (unpaired) electrons. The van der Waals surface area contributed by atoms with Gasteiger partial charge >= 0.3 is 0 Å². The molecule has 2 aromatic carbocycles. The number of carbonyl (C=O) groups is 1. The standard InChI is InChI=1S/C20H22FNO3S/c1-26(24,25)18-12-8-16(9-13-18)20(23)22-19(14-4-2-3-5-14)15-6-10-17(21)11-7-15/h6-14,19H,2-5H2,1H3,(H,22,23)/t19-/m1/s1. The van der Waals surface area contributed by atoms with Crippen LogP contribution >= 0.6 is 0 Å². The first-order valence-corrected chi connectivity index (χ1v) is 10.6. The van der Waals surface area contributed by atoms with Gasteiger partial charge in [-0.1, -0.05) is 25.0 Å². The van der Waals surface area contributed by atoms with Gasteiger partial charge in [0.05, 0.1) is 10.9 Å². The van der Waals surface area contributed by atoms with Crippen LogP contribution in [0.2, 0.25) is 0 Å². The third-order valence-corrected chi connectivity index (χ3v) is 6.06. The fraction of sp³-hybridized carbons (Fsp3) is 0.350. The van der Waals surface area contributed by atoms with Crippen LogP contribution in [0.3, 0.4) is 0 Å². The quantitative estimate of drug-likeness (QED) is 0.862. The number of sulfone groups is 1. The zero-order valence-corrected chi connectivity index (χ0v) is 15.4. The Morgan fingerprint density at radius 2 is 1.62 bits per heavy atom. The molecule has 1 saturated carbocycles. The first-order valence-electron chi connectivity index (χ1n) is 8.71. The van der Waals surface area contributed by atoms with Crippen molar-refractivity contribution in [1.82, 2.24) is 5.32 Å². The van der Waals surface area contributed by atoms with Crippen LogP contribution in [0.5, 0.6) is 0 Å². The lowest BCUT2D eigenvalue weighted by molar-refractivity contribution is 0.0921. The minimum atomic E-state index is -3.30. The summed E-state index contributed by atoms with van der Waals surface area (Å²) in [5.41, 5.74) is 1.29. The van der Waals surface area contributed by atoms with Gasteiger partial charge in [0, 0.05) is 11.8 Å². The molecule has 6 heteroatoms. The summed E-state index contributed by atoms with van der Waals surface area (Å²) in [5, 5.41) is 3.06. The van der Waals surface area contributed by atoms with E-state index >= 15 is 0 Å². The summed E-state index contributed by atoms with van der Waals surface area (Å²) in [4.78, 5) is 12.9. The largest absolute Gasteiger partial charge is 0.345 e. The zero-order valence-electron chi connectivity index (χ0n) is 14.6. The number of halogens is 1. The second-order valence-electron chi connectivity index (χ2n) is 6.84. The maximum absolute atomic E-state index is 13.3. The van der Waals surface area contributed by atoms with Crippen LogP contribution in [0.1, 0.15) is 47.6 Å². The Balaban J connectivity index is 1.81. The lowest BCUT2D eigenvalue weighted by atomic mass is 9.91. The molecule has 4 nitrogen and oxygen atoms in total. The van der Waals surface area contributed by atoms with Crippen LogP contribution in [0.25, 0.3) is 0 Å². The second kappa shape index (κ2) is 7.58. The van der Waals surface area contributed by atoms with E-state index in [-0.39, 0.29) is 22.7 Å². The van der Waals surface area contributed by atoms with E-state index in [0.717, 1.165) is 37.5 Å². The van der Waals surface area contributed by atoms with Crippen molar-refractivity contribution in [2.45, 2.75) is 36.6 Å². The van der Waals surface area contributed by atoms with Crippen molar-refractivity contribution in [3.05, 3.63) is 65.5 Å². The number of amides is 1. The van der Waals surface area contributed by atoms with E-state index in [4.69, 9.17) is 0 Å². The Bertz CT molecular complexity index is 870.